The first kappa shape index (κ1) is 45.7. The van der Waals surface area contributed by atoms with E-state index in [1.165, 1.54) is 26.4 Å². The first-order valence-electron chi connectivity index (χ1n) is 23.1. The van der Waals surface area contributed by atoms with Crippen molar-refractivity contribution in [3.8, 4) is 23.0 Å². The van der Waals surface area contributed by atoms with E-state index in [0.29, 0.717) is 53.4 Å². The number of carbonyl (C=O) groups is 5. The van der Waals surface area contributed by atoms with Crippen molar-refractivity contribution in [2.45, 2.75) is 103 Å². The van der Waals surface area contributed by atoms with Gasteiger partial charge in [0, 0.05) is 43.5 Å². The number of amides is 5. The van der Waals surface area contributed by atoms with Crippen molar-refractivity contribution in [2.75, 3.05) is 50.7 Å². The van der Waals surface area contributed by atoms with E-state index in [2.05, 4.69) is 10.6 Å². The van der Waals surface area contributed by atoms with Crippen molar-refractivity contribution < 1.29 is 52.8 Å². The SMILES string of the molecule is COc1cc2c(cc1OCCCOc1cc3c(cc1OC)C(=O)N1CC4(CC4)C[C@H]1C(O)N3C(=O)OCc1ccc(NC(=O)C(C)NC(=O)C(N)C(C)C)cc1)N=C[C@@H]1CC3(CC3)CN1C2=O. The molecule has 6 aliphatic rings. The zero-order valence-corrected chi connectivity index (χ0v) is 38.5. The predicted molar refractivity (Wildman–Crippen MR) is 246 cm³/mol. The quantitative estimate of drug-likeness (QED) is 0.145. The largest absolute Gasteiger partial charge is 0.493 e. The molecule has 0 radical (unpaired) electrons. The number of carbonyl (C=O) groups excluding carboxylic acids is 5. The average molecular weight is 922 g/mol. The summed E-state index contributed by atoms with van der Waals surface area (Å²) >= 11 is 0. The molecule has 4 aliphatic heterocycles. The third-order valence-electron chi connectivity index (χ3n) is 14.2. The van der Waals surface area contributed by atoms with E-state index in [1.807, 2.05) is 25.0 Å². The van der Waals surface area contributed by atoms with Gasteiger partial charge in [0.15, 0.2) is 29.2 Å². The minimum Gasteiger partial charge on any atom is -0.493 e. The molecule has 18 heteroatoms. The van der Waals surface area contributed by atoms with Crippen LogP contribution in [0.1, 0.15) is 92.0 Å². The van der Waals surface area contributed by atoms with Gasteiger partial charge in [-0.3, -0.25) is 24.2 Å². The van der Waals surface area contributed by atoms with Gasteiger partial charge in [-0.25, -0.2) is 9.69 Å². The molecular formula is C49H59N7O11. The summed E-state index contributed by atoms with van der Waals surface area (Å²) in [5.74, 6) is 0.0152. The molecule has 2 saturated carbocycles. The van der Waals surface area contributed by atoms with Crippen LogP contribution < -0.4 is 40.2 Å². The number of benzene rings is 3. The second-order valence-electron chi connectivity index (χ2n) is 19.3. The van der Waals surface area contributed by atoms with Crippen molar-refractivity contribution in [3.05, 3.63) is 65.2 Å². The zero-order chi connectivity index (χ0) is 47.4. The second-order valence-corrected chi connectivity index (χ2v) is 19.3. The number of rotatable bonds is 15. The van der Waals surface area contributed by atoms with Crippen LogP contribution >= 0.6 is 0 Å². The number of aliphatic hydroxyl groups is 1. The number of nitrogens with one attached hydrogen (secondary N) is 2. The number of nitrogens with two attached hydrogens (primary N) is 1. The van der Waals surface area contributed by atoms with Crippen LogP contribution in [-0.4, -0.2) is 122 Å². The van der Waals surface area contributed by atoms with Crippen LogP contribution in [0.2, 0.25) is 0 Å². The van der Waals surface area contributed by atoms with E-state index in [-0.39, 0.29) is 77.2 Å². The number of fused-ring (bicyclic) bond motifs is 4. The smallest absolute Gasteiger partial charge is 0.416 e. The summed E-state index contributed by atoms with van der Waals surface area (Å²) in [6.07, 6.45) is 5.60. The third kappa shape index (κ3) is 9.08. The predicted octanol–water partition coefficient (Wildman–Crippen LogP) is 5.16. The van der Waals surface area contributed by atoms with E-state index in [9.17, 15) is 29.1 Å². The number of methoxy groups -OCH3 is 2. The number of ether oxygens (including phenoxy) is 5. The molecule has 3 aromatic carbocycles. The van der Waals surface area contributed by atoms with Crippen molar-refractivity contribution in [1.82, 2.24) is 15.1 Å². The van der Waals surface area contributed by atoms with E-state index in [0.717, 1.165) is 43.5 Å². The number of aliphatic hydroxyl groups excluding tert-OH is 1. The van der Waals surface area contributed by atoms with E-state index >= 15 is 0 Å². The van der Waals surface area contributed by atoms with Crippen molar-refractivity contribution in [1.29, 1.82) is 0 Å². The molecule has 4 heterocycles. The lowest BCUT2D eigenvalue weighted by Gasteiger charge is -2.31. The fourth-order valence-corrected chi connectivity index (χ4v) is 9.66. The topological polar surface area (TPSA) is 224 Å². The summed E-state index contributed by atoms with van der Waals surface area (Å²) in [4.78, 5) is 76.6. The molecule has 2 spiro atoms. The maximum absolute atomic E-state index is 14.3. The lowest BCUT2D eigenvalue weighted by atomic mass is 10.0. The lowest BCUT2D eigenvalue weighted by Crippen LogP contribution is -2.50. The summed E-state index contributed by atoms with van der Waals surface area (Å²) in [5.41, 5.74) is 8.40. The van der Waals surface area contributed by atoms with Gasteiger partial charge in [-0.15, -0.1) is 0 Å². The maximum Gasteiger partial charge on any atom is 0.416 e. The fourth-order valence-electron chi connectivity index (χ4n) is 9.66. The van der Waals surface area contributed by atoms with Crippen LogP contribution in [0.4, 0.5) is 21.9 Å². The Morgan fingerprint density at radius 3 is 2.07 bits per heavy atom. The second kappa shape index (κ2) is 18.0. The first-order chi connectivity index (χ1) is 32.1. The Bertz CT molecular complexity index is 2490. The molecule has 0 bridgehead atoms. The van der Waals surface area contributed by atoms with Gasteiger partial charge in [-0.05, 0) is 92.0 Å². The number of hydrogen-bond donors (Lipinski definition) is 4. The van der Waals surface area contributed by atoms with E-state index < -0.39 is 42.3 Å². The molecule has 18 nitrogen and oxygen atoms in total. The van der Waals surface area contributed by atoms with Crippen LogP contribution in [0.5, 0.6) is 23.0 Å². The number of hydrogen-bond acceptors (Lipinski definition) is 13. The average Bonchev–Trinajstić information content (AvgIpc) is 4.20. The van der Waals surface area contributed by atoms with Crippen LogP contribution in [-0.2, 0) is 20.9 Å². The molecule has 2 saturated heterocycles. The summed E-state index contributed by atoms with van der Waals surface area (Å²) < 4.78 is 29.5. The van der Waals surface area contributed by atoms with Gasteiger partial charge >= 0.3 is 6.09 Å². The monoisotopic (exact) mass is 921 g/mol. The highest BCUT2D eigenvalue weighted by atomic mass is 16.6. The number of nitrogens with zero attached hydrogens (tertiary/aromatic N) is 4. The Balaban J connectivity index is 0.866. The number of anilines is 2. The van der Waals surface area contributed by atoms with Crippen LogP contribution in [0.3, 0.4) is 0 Å². The van der Waals surface area contributed by atoms with Gasteiger partial charge in [0.1, 0.15) is 12.6 Å². The summed E-state index contributed by atoms with van der Waals surface area (Å²) in [7, 11) is 2.99. The van der Waals surface area contributed by atoms with Crippen LogP contribution in [0, 0.1) is 16.7 Å². The molecule has 5 amide bonds. The van der Waals surface area contributed by atoms with Gasteiger partial charge in [0.2, 0.25) is 11.8 Å². The van der Waals surface area contributed by atoms with Gasteiger partial charge < -0.3 is 55.0 Å². The minimum atomic E-state index is -1.43. The summed E-state index contributed by atoms with van der Waals surface area (Å²) in [6.45, 7) is 6.59. The highest BCUT2D eigenvalue weighted by Crippen LogP contribution is 2.57. The van der Waals surface area contributed by atoms with Gasteiger partial charge in [-0.1, -0.05) is 26.0 Å². The van der Waals surface area contributed by atoms with Crippen molar-refractivity contribution in [3.63, 3.8) is 0 Å². The highest BCUT2D eigenvalue weighted by Gasteiger charge is 2.58. The third-order valence-corrected chi connectivity index (χ3v) is 14.2. The molecule has 2 aliphatic carbocycles. The maximum atomic E-state index is 14.3. The van der Waals surface area contributed by atoms with Gasteiger partial charge in [0.05, 0.1) is 68.1 Å². The standard InChI is InChI=1S/C49H59N7O11/c1-27(2)41(50)43(58)52-28(3)42(57)53-30-9-7-29(8-10-30)24-67-47(62)56-35-20-40(38(64-5)18-33(35)45(60)55-26-49(13-14-49)22-36(55)46(56)61)66-16-6-15-65-39-19-34-32(17-37(39)63-4)44(59)54-25-48(11-12-48)21-31(54)23-51-34/h7-10,17-20,23,27-28,31,36,41,46,61H,6,11-16,21-22,24-26,50H2,1-5H3,(H,52,58)(H,53,57)/t28?,31-,36-,41?,46?/m0/s1. The Hall–Kier alpha value is -6.40. The molecule has 67 heavy (non-hydrogen) atoms. The number of aliphatic imine (C=N–C) groups is 1. The Kier molecular flexibility index (Phi) is 12.3. The molecule has 3 aromatic rings. The summed E-state index contributed by atoms with van der Waals surface area (Å²) in [5, 5.41) is 17.4. The summed E-state index contributed by atoms with van der Waals surface area (Å²) in [6, 6.07) is 10.8. The fraction of sp³-hybridized carbons (Fsp3) is 0.510. The minimum absolute atomic E-state index is 0.0213. The van der Waals surface area contributed by atoms with E-state index in [1.54, 1.807) is 48.2 Å². The molecular weight excluding hydrogens is 863 g/mol. The molecule has 0 aromatic heterocycles. The Labute approximate surface area is 389 Å². The van der Waals surface area contributed by atoms with Crippen molar-refractivity contribution in [2.24, 2.45) is 27.5 Å². The normalized spacial score (nSPS) is 22.2. The highest BCUT2D eigenvalue weighted by molar-refractivity contribution is 6.06. The molecule has 5 atom stereocenters. The Morgan fingerprint density at radius 2 is 1.43 bits per heavy atom. The first-order valence-corrected chi connectivity index (χ1v) is 23.1. The van der Waals surface area contributed by atoms with Crippen LogP contribution in [0.25, 0.3) is 0 Å². The molecule has 3 unspecified atom stereocenters. The van der Waals surface area contributed by atoms with Crippen LogP contribution in [0.15, 0.2) is 53.5 Å². The Morgan fingerprint density at radius 1 is 0.821 bits per heavy atom. The molecule has 356 valence electrons. The van der Waals surface area contributed by atoms with E-state index in [4.69, 9.17) is 34.4 Å². The molecule has 5 N–H and O–H groups in total. The zero-order valence-electron chi connectivity index (χ0n) is 38.5. The van der Waals surface area contributed by atoms with Gasteiger partial charge in [0.25, 0.3) is 11.8 Å². The molecule has 9 rings (SSSR count). The van der Waals surface area contributed by atoms with Crippen molar-refractivity contribution >= 4 is 53.0 Å². The lowest BCUT2D eigenvalue weighted by molar-refractivity contribution is -0.127. The molecule has 4 fully saturated rings. The van der Waals surface area contributed by atoms with Gasteiger partial charge in [-0.2, -0.15) is 0 Å².